The van der Waals surface area contributed by atoms with Gasteiger partial charge in [0.25, 0.3) is 0 Å². The number of thioether (sulfide) groups is 1. The minimum atomic E-state index is 0.613. The first kappa shape index (κ1) is 12.1. The highest BCUT2D eigenvalue weighted by atomic mass is 32.2. The van der Waals surface area contributed by atoms with Crippen LogP contribution in [0.5, 0.6) is 0 Å². The Kier molecular flexibility index (Phi) is 3.13. The zero-order valence-corrected chi connectivity index (χ0v) is 11.1. The maximum absolute atomic E-state index is 11.0. The van der Waals surface area contributed by atoms with Crippen molar-refractivity contribution in [2.24, 2.45) is 5.73 Å². The van der Waals surface area contributed by atoms with E-state index in [1.165, 1.54) is 11.1 Å². The van der Waals surface area contributed by atoms with Gasteiger partial charge in [-0.3, -0.25) is 4.79 Å². The summed E-state index contributed by atoms with van der Waals surface area (Å²) in [6, 6.07) is 16.3. The molecule has 0 saturated carbocycles. The second-order valence-corrected chi connectivity index (χ2v) is 5.38. The summed E-state index contributed by atoms with van der Waals surface area (Å²) < 4.78 is 0. The minimum absolute atomic E-state index is 0.613. The molecule has 0 fully saturated rings. The van der Waals surface area contributed by atoms with Crippen LogP contribution in [0.3, 0.4) is 0 Å². The van der Waals surface area contributed by atoms with E-state index in [-0.39, 0.29) is 0 Å². The third-order valence-corrected chi connectivity index (χ3v) is 4.43. The fraction of sp³-hybridized carbons (Fsp3) is 0.0625. The molecule has 0 aromatic heterocycles. The molecule has 2 aromatic carbocycles. The highest BCUT2D eigenvalue weighted by molar-refractivity contribution is 7.99. The van der Waals surface area contributed by atoms with Gasteiger partial charge in [-0.15, -0.1) is 11.8 Å². The summed E-state index contributed by atoms with van der Waals surface area (Å²) in [4.78, 5) is 12.1. The van der Waals surface area contributed by atoms with Crippen LogP contribution in [0.2, 0.25) is 0 Å². The number of rotatable bonds is 2. The highest BCUT2D eigenvalue weighted by Crippen LogP contribution is 2.40. The molecule has 2 N–H and O–H groups in total. The molecule has 1 aliphatic rings. The van der Waals surface area contributed by atoms with Crippen LogP contribution >= 0.6 is 11.8 Å². The van der Waals surface area contributed by atoms with Crippen molar-refractivity contribution in [2.45, 2.75) is 4.90 Å². The van der Waals surface area contributed by atoms with Gasteiger partial charge >= 0.3 is 0 Å². The fourth-order valence-corrected chi connectivity index (χ4v) is 3.45. The van der Waals surface area contributed by atoms with E-state index in [1.54, 1.807) is 11.8 Å². The van der Waals surface area contributed by atoms with Crippen molar-refractivity contribution in [1.82, 2.24) is 0 Å². The Balaban J connectivity index is 2.20. The molecule has 0 radical (unpaired) electrons. The molecule has 0 atom stereocenters. The predicted octanol–water partition coefficient (Wildman–Crippen LogP) is 3.33. The van der Waals surface area contributed by atoms with E-state index >= 15 is 0 Å². The SMILES string of the molecule is NC1=C(C=O)CSc2c1cccc2-c1ccccc1. The van der Waals surface area contributed by atoms with Crippen LogP contribution in [-0.2, 0) is 4.79 Å². The van der Waals surface area contributed by atoms with E-state index in [1.807, 2.05) is 30.3 Å². The molecule has 94 valence electrons. The summed E-state index contributed by atoms with van der Waals surface area (Å²) in [5.74, 6) is 0.645. The molecule has 1 aliphatic heterocycles. The first-order valence-corrected chi connectivity index (χ1v) is 7.05. The number of benzene rings is 2. The van der Waals surface area contributed by atoms with Gasteiger partial charge < -0.3 is 5.73 Å². The Hall–Kier alpha value is -2.00. The van der Waals surface area contributed by atoms with Crippen molar-refractivity contribution in [3.63, 3.8) is 0 Å². The topological polar surface area (TPSA) is 43.1 Å². The molecule has 3 rings (SSSR count). The lowest BCUT2D eigenvalue weighted by atomic mass is 10.00. The first-order chi connectivity index (χ1) is 9.31. The van der Waals surface area contributed by atoms with Crippen molar-refractivity contribution >= 4 is 23.7 Å². The average molecular weight is 267 g/mol. The van der Waals surface area contributed by atoms with E-state index in [4.69, 9.17) is 5.73 Å². The number of aldehydes is 1. The number of hydrogen-bond acceptors (Lipinski definition) is 3. The quantitative estimate of drug-likeness (QED) is 0.849. The van der Waals surface area contributed by atoms with Gasteiger partial charge in [-0.05, 0) is 11.1 Å². The molecule has 0 spiro atoms. The molecular formula is C16H13NOS. The molecule has 0 aliphatic carbocycles. The molecule has 0 bridgehead atoms. The Morgan fingerprint density at radius 1 is 1.00 bits per heavy atom. The van der Waals surface area contributed by atoms with Gasteiger partial charge in [-0.1, -0.05) is 48.5 Å². The largest absolute Gasteiger partial charge is 0.398 e. The number of carbonyl (C=O) groups is 1. The first-order valence-electron chi connectivity index (χ1n) is 6.06. The number of nitrogens with two attached hydrogens (primary N) is 1. The Bertz CT molecular complexity index is 662. The van der Waals surface area contributed by atoms with Gasteiger partial charge in [-0.25, -0.2) is 0 Å². The third kappa shape index (κ3) is 2.06. The van der Waals surface area contributed by atoms with Crippen molar-refractivity contribution in [1.29, 1.82) is 0 Å². The summed E-state index contributed by atoms with van der Waals surface area (Å²) in [6.45, 7) is 0. The highest BCUT2D eigenvalue weighted by Gasteiger charge is 2.19. The van der Waals surface area contributed by atoms with Crippen molar-refractivity contribution in [3.05, 3.63) is 59.7 Å². The van der Waals surface area contributed by atoms with E-state index in [0.717, 1.165) is 16.7 Å². The zero-order chi connectivity index (χ0) is 13.2. The summed E-state index contributed by atoms with van der Waals surface area (Å²) in [5, 5.41) is 0. The molecule has 3 heteroatoms. The minimum Gasteiger partial charge on any atom is -0.398 e. The molecule has 2 nitrogen and oxygen atoms in total. The zero-order valence-electron chi connectivity index (χ0n) is 10.3. The van der Waals surface area contributed by atoms with Crippen LogP contribution in [0.1, 0.15) is 5.56 Å². The summed E-state index contributed by atoms with van der Waals surface area (Å²) in [6.07, 6.45) is 0.862. The van der Waals surface area contributed by atoms with Gasteiger partial charge in [0.2, 0.25) is 0 Å². The smallest absolute Gasteiger partial charge is 0.148 e. The van der Waals surface area contributed by atoms with Crippen LogP contribution in [0.25, 0.3) is 16.8 Å². The number of hydrogen-bond donors (Lipinski definition) is 1. The van der Waals surface area contributed by atoms with Gasteiger partial charge in [0.1, 0.15) is 6.29 Å². The summed E-state index contributed by atoms with van der Waals surface area (Å²) in [5.41, 5.74) is 10.7. The predicted molar refractivity (Wildman–Crippen MR) is 79.8 cm³/mol. The maximum atomic E-state index is 11.0. The number of fused-ring (bicyclic) bond motifs is 1. The number of carbonyl (C=O) groups excluding carboxylic acids is 1. The van der Waals surface area contributed by atoms with Gasteiger partial charge in [0.05, 0.1) is 0 Å². The fourth-order valence-electron chi connectivity index (χ4n) is 2.25. The van der Waals surface area contributed by atoms with Crippen LogP contribution in [0.15, 0.2) is 59.0 Å². The summed E-state index contributed by atoms with van der Waals surface area (Å²) >= 11 is 1.68. The van der Waals surface area contributed by atoms with E-state index in [2.05, 4.69) is 18.2 Å². The second-order valence-electron chi connectivity index (χ2n) is 4.39. The van der Waals surface area contributed by atoms with Crippen molar-refractivity contribution in [3.8, 4) is 11.1 Å². The molecule has 0 unspecified atom stereocenters. The second kappa shape index (κ2) is 4.94. The van der Waals surface area contributed by atoms with E-state index in [9.17, 15) is 4.79 Å². The van der Waals surface area contributed by atoms with Gasteiger partial charge in [0, 0.05) is 27.5 Å². The lowest BCUT2D eigenvalue weighted by Gasteiger charge is -2.20. The standard InChI is InChI=1S/C16H13NOS/c17-15-12(9-18)10-19-16-13(7-4-8-14(15)16)11-5-2-1-3-6-11/h1-9H,10,17H2. The van der Waals surface area contributed by atoms with Gasteiger partial charge in [0.15, 0.2) is 0 Å². The van der Waals surface area contributed by atoms with Crippen molar-refractivity contribution in [2.75, 3.05) is 5.75 Å². The normalized spacial score (nSPS) is 14.1. The van der Waals surface area contributed by atoms with Crippen molar-refractivity contribution < 1.29 is 4.79 Å². The van der Waals surface area contributed by atoms with Crippen LogP contribution in [0, 0.1) is 0 Å². The van der Waals surface area contributed by atoms with Crippen LogP contribution < -0.4 is 5.73 Å². The lowest BCUT2D eigenvalue weighted by Crippen LogP contribution is -2.10. The van der Waals surface area contributed by atoms with Crippen LogP contribution in [-0.4, -0.2) is 12.0 Å². The monoisotopic (exact) mass is 267 g/mol. The molecular weight excluding hydrogens is 254 g/mol. The molecule has 0 saturated heterocycles. The molecule has 0 amide bonds. The Morgan fingerprint density at radius 3 is 2.47 bits per heavy atom. The molecule has 19 heavy (non-hydrogen) atoms. The Morgan fingerprint density at radius 2 is 1.74 bits per heavy atom. The molecule has 2 aromatic rings. The summed E-state index contributed by atoms with van der Waals surface area (Å²) in [7, 11) is 0. The third-order valence-electron chi connectivity index (χ3n) is 3.25. The average Bonchev–Trinajstić information content (AvgIpc) is 2.48. The van der Waals surface area contributed by atoms with E-state index in [0.29, 0.717) is 17.0 Å². The maximum Gasteiger partial charge on any atom is 0.148 e. The van der Waals surface area contributed by atoms with Gasteiger partial charge in [-0.2, -0.15) is 0 Å². The molecule has 1 heterocycles. The van der Waals surface area contributed by atoms with Crippen LogP contribution in [0.4, 0.5) is 0 Å². The Labute approximate surface area is 116 Å². The van der Waals surface area contributed by atoms with E-state index < -0.39 is 0 Å². The lowest BCUT2D eigenvalue weighted by molar-refractivity contribution is -0.104.